The maximum absolute atomic E-state index is 11.9. The molecule has 25 heavy (non-hydrogen) atoms. The molecule has 7 heteroatoms. The molecule has 7 nitrogen and oxygen atoms in total. The Hall–Kier alpha value is -2.43. The van der Waals surface area contributed by atoms with E-state index >= 15 is 0 Å². The zero-order valence-corrected chi connectivity index (χ0v) is 14.3. The average Bonchev–Trinajstić information content (AvgIpc) is 3.07. The number of rotatable bonds is 3. The Labute approximate surface area is 145 Å². The molecule has 1 aliphatic heterocycles. The van der Waals surface area contributed by atoms with Gasteiger partial charge in [-0.3, -0.25) is 4.79 Å². The molecule has 1 aliphatic carbocycles. The number of aliphatic hydroxyl groups is 1. The number of nitrogens with one attached hydrogen (secondary N) is 1. The van der Waals surface area contributed by atoms with Gasteiger partial charge < -0.3 is 19.7 Å². The minimum Gasteiger partial charge on any atom is -0.377 e. The summed E-state index contributed by atoms with van der Waals surface area (Å²) >= 11 is 0. The maximum atomic E-state index is 11.9. The van der Waals surface area contributed by atoms with Crippen LogP contribution in [0.5, 0.6) is 0 Å². The molecule has 0 aromatic carbocycles. The first-order valence-electron chi connectivity index (χ1n) is 8.37. The summed E-state index contributed by atoms with van der Waals surface area (Å²) in [6.07, 6.45) is 4.75. The Balaban J connectivity index is 1.99. The van der Waals surface area contributed by atoms with Crippen LogP contribution in [0.15, 0.2) is 6.33 Å². The summed E-state index contributed by atoms with van der Waals surface area (Å²) in [5.41, 5.74) is 0.465. The van der Waals surface area contributed by atoms with Crippen molar-refractivity contribution < 1.29 is 14.6 Å². The van der Waals surface area contributed by atoms with Gasteiger partial charge in [-0.25, -0.2) is 9.97 Å². The third-order valence-electron chi connectivity index (χ3n) is 5.07. The fraction of sp³-hybridized carbons (Fsp3) is 0.500. The van der Waals surface area contributed by atoms with Crippen molar-refractivity contribution in [1.29, 1.82) is 0 Å². The number of ether oxygens (including phenoxy) is 1. The third-order valence-corrected chi connectivity index (χ3v) is 5.07. The quantitative estimate of drug-likeness (QED) is 0.647. The second-order valence-corrected chi connectivity index (χ2v) is 6.97. The standard InChI is InChI=1S/C18H20N4O3/c1-17(5-6-17)22-13(3-4-18(24)7-8-25-10-18)12(9-23)14-15(19-2)20-11-21-16(14)22/h9,11,24H,5-8,10H2,1-2H3,(H,19,20,21). The first-order chi connectivity index (χ1) is 12.0. The molecule has 2 fully saturated rings. The summed E-state index contributed by atoms with van der Waals surface area (Å²) in [6, 6.07) is 0. The van der Waals surface area contributed by atoms with Gasteiger partial charge in [-0.15, -0.1) is 0 Å². The van der Waals surface area contributed by atoms with E-state index in [-0.39, 0.29) is 12.1 Å². The predicted molar refractivity (Wildman–Crippen MR) is 92.6 cm³/mol. The SMILES string of the molecule is CNc1ncnc2c1c(C=O)c(C#CC1(O)CCOC1)n2C1(C)CC1. The normalized spacial score (nSPS) is 24.0. The van der Waals surface area contributed by atoms with E-state index in [4.69, 9.17) is 4.74 Å². The average molecular weight is 340 g/mol. The Morgan fingerprint density at radius 1 is 1.40 bits per heavy atom. The van der Waals surface area contributed by atoms with Gasteiger partial charge in [-0.2, -0.15) is 0 Å². The van der Waals surface area contributed by atoms with Gasteiger partial charge in [-0.05, 0) is 25.7 Å². The lowest BCUT2D eigenvalue weighted by Crippen LogP contribution is -2.26. The first kappa shape index (κ1) is 16.1. The number of hydrogen-bond donors (Lipinski definition) is 2. The lowest BCUT2D eigenvalue weighted by atomic mass is 10.0. The Morgan fingerprint density at radius 3 is 2.80 bits per heavy atom. The van der Waals surface area contributed by atoms with Crippen LogP contribution in [0.25, 0.3) is 11.0 Å². The summed E-state index contributed by atoms with van der Waals surface area (Å²) in [6.45, 7) is 2.80. The van der Waals surface area contributed by atoms with Gasteiger partial charge in [-0.1, -0.05) is 5.92 Å². The summed E-state index contributed by atoms with van der Waals surface area (Å²) in [4.78, 5) is 20.5. The van der Waals surface area contributed by atoms with E-state index in [1.54, 1.807) is 7.05 Å². The van der Waals surface area contributed by atoms with E-state index in [0.717, 1.165) is 19.1 Å². The number of carbonyl (C=O) groups is 1. The van der Waals surface area contributed by atoms with Crippen LogP contribution in [0.1, 0.15) is 42.2 Å². The number of carbonyl (C=O) groups excluding carboxylic acids is 1. The molecule has 2 aliphatic rings. The molecular formula is C18H20N4O3. The third kappa shape index (κ3) is 2.49. The van der Waals surface area contributed by atoms with Crippen LogP contribution in [0, 0.1) is 11.8 Å². The van der Waals surface area contributed by atoms with Crippen molar-refractivity contribution >= 4 is 23.1 Å². The number of anilines is 1. The van der Waals surface area contributed by atoms with E-state index < -0.39 is 5.60 Å². The predicted octanol–water partition coefficient (Wildman–Crippen LogP) is 1.30. The number of hydrogen-bond acceptors (Lipinski definition) is 6. The molecule has 2 aromatic rings. The molecule has 130 valence electrons. The molecule has 1 saturated carbocycles. The molecule has 0 amide bonds. The van der Waals surface area contributed by atoms with Crippen LogP contribution in [-0.4, -0.2) is 51.8 Å². The van der Waals surface area contributed by atoms with Gasteiger partial charge in [0.1, 0.15) is 23.5 Å². The topological polar surface area (TPSA) is 89.3 Å². The largest absolute Gasteiger partial charge is 0.377 e. The molecule has 0 bridgehead atoms. The minimum absolute atomic E-state index is 0.113. The molecule has 0 radical (unpaired) electrons. The van der Waals surface area contributed by atoms with E-state index in [2.05, 4.69) is 34.0 Å². The Morgan fingerprint density at radius 2 is 2.20 bits per heavy atom. The second kappa shape index (κ2) is 5.55. The molecule has 1 saturated heterocycles. The van der Waals surface area contributed by atoms with E-state index in [1.807, 2.05) is 4.57 Å². The van der Waals surface area contributed by atoms with Crippen molar-refractivity contribution in [2.45, 2.75) is 37.3 Å². The van der Waals surface area contributed by atoms with Crippen LogP contribution in [0.4, 0.5) is 5.82 Å². The van der Waals surface area contributed by atoms with Crippen LogP contribution in [0.2, 0.25) is 0 Å². The highest BCUT2D eigenvalue weighted by molar-refractivity contribution is 6.04. The Kier molecular flexibility index (Phi) is 3.56. The highest BCUT2D eigenvalue weighted by Gasteiger charge is 2.43. The van der Waals surface area contributed by atoms with Crippen LogP contribution in [0.3, 0.4) is 0 Å². The molecule has 1 unspecified atom stereocenters. The van der Waals surface area contributed by atoms with Crippen LogP contribution in [-0.2, 0) is 10.3 Å². The van der Waals surface area contributed by atoms with Crippen molar-refractivity contribution in [3.8, 4) is 11.8 Å². The van der Waals surface area contributed by atoms with E-state index in [1.165, 1.54) is 6.33 Å². The Bertz CT molecular complexity index is 912. The summed E-state index contributed by atoms with van der Waals surface area (Å²) < 4.78 is 7.28. The number of aromatic nitrogens is 3. The second-order valence-electron chi connectivity index (χ2n) is 6.97. The minimum atomic E-state index is -1.16. The fourth-order valence-electron chi connectivity index (χ4n) is 3.32. The van der Waals surface area contributed by atoms with Gasteiger partial charge in [0.2, 0.25) is 0 Å². The number of aldehydes is 1. The van der Waals surface area contributed by atoms with Crippen molar-refractivity contribution in [3.63, 3.8) is 0 Å². The van der Waals surface area contributed by atoms with Crippen molar-refractivity contribution in [1.82, 2.24) is 14.5 Å². The lowest BCUT2D eigenvalue weighted by Gasteiger charge is -2.15. The molecule has 4 rings (SSSR count). The monoisotopic (exact) mass is 340 g/mol. The summed E-state index contributed by atoms with van der Waals surface area (Å²) in [5, 5.41) is 14.2. The number of fused-ring (bicyclic) bond motifs is 1. The maximum Gasteiger partial charge on any atom is 0.153 e. The van der Waals surface area contributed by atoms with Gasteiger partial charge >= 0.3 is 0 Å². The molecule has 1 atom stereocenters. The van der Waals surface area contributed by atoms with Gasteiger partial charge in [0.15, 0.2) is 11.9 Å². The molecule has 0 spiro atoms. The first-order valence-corrected chi connectivity index (χ1v) is 8.37. The molecule has 2 N–H and O–H groups in total. The van der Waals surface area contributed by atoms with Crippen molar-refractivity contribution in [2.24, 2.45) is 0 Å². The van der Waals surface area contributed by atoms with Crippen LogP contribution < -0.4 is 5.32 Å². The smallest absolute Gasteiger partial charge is 0.153 e. The van der Waals surface area contributed by atoms with Crippen LogP contribution >= 0.6 is 0 Å². The summed E-state index contributed by atoms with van der Waals surface area (Å²) in [5.74, 6) is 6.58. The number of nitrogens with zero attached hydrogens (tertiary/aromatic N) is 3. The van der Waals surface area contributed by atoms with Crippen molar-refractivity contribution in [2.75, 3.05) is 25.6 Å². The lowest BCUT2D eigenvalue weighted by molar-refractivity contribution is 0.0764. The van der Waals surface area contributed by atoms with Gasteiger partial charge in [0.05, 0.1) is 24.2 Å². The highest BCUT2D eigenvalue weighted by atomic mass is 16.5. The summed E-state index contributed by atoms with van der Waals surface area (Å²) in [7, 11) is 1.76. The molecular weight excluding hydrogens is 320 g/mol. The highest BCUT2D eigenvalue weighted by Crippen LogP contribution is 2.47. The molecule has 3 heterocycles. The van der Waals surface area contributed by atoms with Crippen molar-refractivity contribution in [3.05, 3.63) is 17.6 Å². The van der Waals surface area contributed by atoms with Gasteiger partial charge in [0, 0.05) is 19.0 Å². The zero-order chi connectivity index (χ0) is 17.7. The molecule has 2 aromatic heterocycles. The van der Waals surface area contributed by atoms with Gasteiger partial charge in [0.25, 0.3) is 0 Å². The van der Waals surface area contributed by atoms with E-state index in [9.17, 15) is 9.90 Å². The fourth-order valence-corrected chi connectivity index (χ4v) is 3.32. The van der Waals surface area contributed by atoms with E-state index in [0.29, 0.717) is 41.1 Å². The zero-order valence-electron chi connectivity index (χ0n) is 14.3.